The fourth-order valence-corrected chi connectivity index (χ4v) is 4.46. The summed E-state index contributed by atoms with van der Waals surface area (Å²) in [7, 11) is 1.88. The molecule has 2 saturated heterocycles. The summed E-state index contributed by atoms with van der Waals surface area (Å²) in [5, 5.41) is 0. The Hall–Kier alpha value is -2.31. The summed E-state index contributed by atoms with van der Waals surface area (Å²) in [6.07, 6.45) is 8.30. The van der Waals surface area contributed by atoms with Crippen molar-refractivity contribution in [1.82, 2.24) is 14.4 Å². The number of hydrogen-bond donors (Lipinski definition) is 0. The number of ether oxygens (including phenoxy) is 1. The molecule has 29 heavy (non-hydrogen) atoms. The van der Waals surface area contributed by atoms with Gasteiger partial charge in [-0.15, -0.1) is 0 Å². The largest absolute Gasteiger partial charge is 0.464 e. The van der Waals surface area contributed by atoms with Crippen LogP contribution in [0.2, 0.25) is 0 Å². The maximum absolute atomic E-state index is 12.9. The van der Waals surface area contributed by atoms with Gasteiger partial charge in [0.1, 0.15) is 11.7 Å². The van der Waals surface area contributed by atoms with Crippen LogP contribution in [0.15, 0.2) is 18.3 Å². The predicted octanol–water partition coefficient (Wildman–Crippen LogP) is 2.74. The van der Waals surface area contributed by atoms with Crippen molar-refractivity contribution in [2.24, 2.45) is 7.05 Å². The van der Waals surface area contributed by atoms with E-state index in [1.54, 1.807) is 4.90 Å². The average Bonchev–Trinajstić information content (AvgIpc) is 3.37. The SMILES string of the molecule is CCCC(=O)N1CCCC1C(=O)OCCC1CCCCN1C(=O)c1cccn1C. The summed E-state index contributed by atoms with van der Waals surface area (Å²) in [4.78, 5) is 41.3. The van der Waals surface area contributed by atoms with Gasteiger partial charge in [-0.25, -0.2) is 4.79 Å². The Labute approximate surface area is 173 Å². The number of esters is 1. The lowest BCUT2D eigenvalue weighted by atomic mass is 9.99. The van der Waals surface area contributed by atoms with Gasteiger partial charge in [-0.1, -0.05) is 6.92 Å². The van der Waals surface area contributed by atoms with Crippen LogP contribution in [0.25, 0.3) is 0 Å². The molecular formula is C22H33N3O4. The Bertz CT molecular complexity index is 729. The molecule has 2 fully saturated rings. The monoisotopic (exact) mass is 403 g/mol. The van der Waals surface area contributed by atoms with Crippen molar-refractivity contribution in [3.63, 3.8) is 0 Å². The molecule has 2 atom stereocenters. The molecule has 3 rings (SSSR count). The number of likely N-dealkylation sites (tertiary alicyclic amines) is 2. The van der Waals surface area contributed by atoms with Gasteiger partial charge in [0.15, 0.2) is 0 Å². The van der Waals surface area contributed by atoms with Gasteiger partial charge in [-0.2, -0.15) is 0 Å². The Morgan fingerprint density at radius 2 is 1.90 bits per heavy atom. The van der Waals surface area contributed by atoms with E-state index < -0.39 is 6.04 Å². The minimum atomic E-state index is -0.443. The molecule has 0 spiro atoms. The van der Waals surface area contributed by atoms with Crippen LogP contribution in [-0.2, 0) is 21.4 Å². The Kier molecular flexibility index (Phi) is 7.34. The summed E-state index contributed by atoms with van der Waals surface area (Å²) < 4.78 is 7.40. The quantitative estimate of drug-likeness (QED) is 0.657. The summed E-state index contributed by atoms with van der Waals surface area (Å²) in [6, 6.07) is 3.36. The minimum Gasteiger partial charge on any atom is -0.464 e. The number of nitrogens with zero attached hydrogens (tertiary/aromatic N) is 3. The maximum atomic E-state index is 12.9. The number of rotatable bonds is 7. The molecule has 0 N–H and O–H groups in total. The zero-order valence-corrected chi connectivity index (χ0v) is 17.6. The van der Waals surface area contributed by atoms with E-state index in [9.17, 15) is 14.4 Å². The molecule has 7 nitrogen and oxygen atoms in total. The fourth-order valence-electron chi connectivity index (χ4n) is 4.46. The number of hydrogen-bond acceptors (Lipinski definition) is 4. The van der Waals surface area contributed by atoms with E-state index in [0.29, 0.717) is 31.5 Å². The molecular weight excluding hydrogens is 370 g/mol. The average molecular weight is 404 g/mol. The highest BCUT2D eigenvalue weighted by atomic mass is 16.5. The van der Waals surface area contributed by atoms with Crippen molar-refractivity contribution in [3.8, 4) is 0 Å². The van der Waals surface area contributed by atoms with Crippen LogP contribution in [0.1, 0.15) is 68.8 Å². The van der Waals surface area contributed by atoms with Crippen LogP contribution in [0.4, 0.5) is 0 Å². The highest BCUT2D eigenvalue weighted by Crippen LogP contribution is 2.23. The lowest BCUT2D eigenvalue weighted by Crippen LogP contribution is -2.45. The van der Waals surface area contributed by atoms with Gasteiger partial charge in [0.05, 0.1) is 6.61 Å². The topological polar surface area (TPSA) is 71.8 Å². The summed E-state index contributed by atoms with van der Waals surface area (Å²) in [5.41, 5.74) is 0.685. The smallest absolute Gasteiger partial charge is 0.328 e. The van der Waals surface area contributed by atoms with Crippen LogP contribution in [-0.4, -0.2) is 63.9 Å². The van der Waals surface area contributed by atoms with E-state index in [2.05, 4.69) is 0 Å². The highest BCUT2D eigenvalue weighted by Gasteiger charge is 2.35. The van der Waals surface area contributed by atoms with Crippen molar-refractivity contribution < 1.29 is 19.1 Å². The molecule has 7 heteroatoms. The number of piperidine rings is 1. The van der Waals surface area contributed by atoms with Crippen LogP contribution >= 0.6 is 0 Å². The lowest BCUT2D eigenvalue weighted by Gasteiger charge is -2.36. The molecule has 1 aromatic heterocycles. The zero-order valence-electron chi connectivity index (χ0n) is 17.6. The third kappa shape index (κ3) is 5.00. The molecule has 3 heterocycles. The van der Waals surface area contributed by atoms with Gasteiger partial charge >= 0.3 is 5.97 Å². The molecule has 2 aliphatic heterocycles. The minimum absolute atomic E-state index is 0.0403. The molecule has 2 aliphatic rings. The van der Waals surface area contributed by atoms with Gasteiger partial charge in [-0.05, 0) is 50.7 Å². The number of aryl methyl sites for hydroxylation is 1. The van der Waals surface area contributed by atoms with E-state index in [1.165, 1.54) is 0 Å². The van der Waals surface area contributed by atoms with Crippen LogP contribution in [0, 0.1) is 0 Å². The Morgan fingerprint density at radius 3 is 2.62 bits per heavy atom. The Balaban J connectivity index is 1.53. The van der Waals surface area contributed by atoms with Gasteiger partial charge in [0.2, 0.25) is 5.91 Å². The van der Waals surface area contributed by atoms with Crippen molar-refractivity contribution in [1.29, 1.82) is 0 Å². The standard InChI is InChI=1S/C22H33N3O4/c1-3-8-20(26)25-15-7-11-19(25)22(28)29-16-12-17-9-4-5-14-24(17)21(27)18-10-6-13-23(18)2/h6,10,13,17,19H,3-5,7-9,11-12,14-16H2,1-2H3. The number of aromatic nitrogens is 1. The van der Waals surface area contributed by atoms with Crippen LogP contribution in [0.5, 0.6) is 0 Å². The second-order valence-corrected chi connectivity index (χ2v) is 8.10. The first-order valence-electron chi connectivity index (χ1n) is 10.9. The first kappa shape index (κ1) is 21.4. The van der Waals surface area contributed by atoms with E-state index in [-0.39, 0.29) is 30.4 Å². The van der Waals surface area contributed by atoms with E-state index in [0.717, 1.165) is 38.6 Å². The van der Waals surface area contributed by atoms with Gasteiger partial charge < -0.3 is 19.1 Å². The molecule has 2 amide bonds. The number of carbonyl (C=O) groups is 3. The predicted molar refractivity (Wildman–Crippen MR) is 109 cm³/mol. The normalized spacial score (nSPS) is 22.0. The third-order valence-corrected chi connectivity index (χ3v) is 6.06. The molecule has 0 aromatic carbocycles. The summed E-state index contributed by atoms with van der Waals surface area (Å²) in [5.74, 6) is -0.220. The third-order valence-electron chi connectivity index (χ3n) is 6.06. The molecule has 1 aromatic rings. The van der Waals surface area contributed by atoms with Gasteiger partial charge in [0.25, 0.3) is 5.91 Å². The van der Waals surface area contributed by atoms with Crippen molar-refractivity contribution in [2.75, 3.05) is 19.7 Å². The molecule has 0 saturated carbocycles. The second-order valence-electron chi connectivity index (χ2n) is 8.10. The van der Waals surface area contributed by atoms with Gasteiger partial charge in [-0.3, -0.25) is 9.59 Å². The fraction of sp³-hybridized carbons (Fsp3) is 0.682. The molecule has 0 aliphatic carbocycles. The van der Waals surface area contributed by atoms with Crippen LogP contribution < -0.4 is 0 Å². The molecule has 2 unspecified atom stereocenters. The molecule has 160 valence electrons. The van der Waals surface area contributed by atoms with Crippen molar-refractivity contribution in [3.05, 3.63) is 24.0 Å². The first-order chi connectivity index (χ1) is 14.0. The second kappa shape index (κ2) is 9.94. The first-order valence-corrected chi connectivity index (χ1v) is 10.9. The van der Waals surface area contributed by atoms with Crippen molar-refractivity contribution in [2.45, 2.75) is 70.4 Å². The summed E-state index contributed by atoms with van der Waals surface area (Å²) in [6.45, 7) is 3.63. The Morgan fingerprint density at radius 1 is 1.10 bits per heavy atom. The van der Waals surface area contributed by atoms with E-state index in [1.807, 2.05) is 41.8 Å². The van der Waals surface area contributed by atoms with E-state index >= 15 is 0 Å². The van der Waals surface area contributed by atoms with Crippen LogP contribution in [0.3, 0.4) is 0 Å². The maximum Gasteiger partial charge on any atom is 0.328 e. The number of amides is 2. The number of carbonyl (C=O) groups excluding carboxylic acids is 3. The van der Waals surface area contributed by atoms with Crippen molar-refractivity contribution >= 4 is 17.8 Å². The highest BCUT2D eigenvalue weighted by molar-refractivity contribution is 5.93. The van der Waals surface area contributed by atoms with E-state index in [4.69, 9.17) is 4.74 Å². The van der Waals surface area contributed by atoms with Gasteiger partial charge in [0, 0.05) is 45.2 Å². The lowest BCUT2D eigenvalue weighted by molar-refractivity contribution is -0.153. The molecule has 0 bridgehead atoms. The zero-order chi connectivity index (χ0) is 20.8. The molecule has 0 radical (unpaired) electrons. The summed E-state index contributed by atoms with van der Waals surface area (Å²) >= 11 is 0.